The fourth-order valence-corrected chi connectivity index (χ4v) is 2.11. The Morgan fingerprint density at radius 3 is 2.22 bits per heavy atom. The SMILES string of the molecule is CC(C)CC(=O)[C@H](Cc1ccc(O)cc1)NC(=O)OC(C)(C)C. The maximum Gasteiger partial charge on any atom is 0.408 e. The summed E-state index contributed by atoms with van der Waals surface area (Å²) in [7, 11) is 0. The zero-order chi connectivity index (χ0) is 17.6. The summed E-state index contributed by atoms with van der Waals surface area (Å²) in [5.41, 5.74) is 0.245. The van der Waals surface area contributed by atoms with Crippen molar-refractivity contribution in [2.24, 2.45) is 5.92 Å². The highest BCUT2D eigenvalue weighted by atomic mass is 16.6. The molecule has 0 saturated heterocycles. The zero-order valence-electron chi connectivity index (χ0n) is 14.6. The predicted octanol–water partition coefficient (Wildman–Crippen LogP) is 3.44. The molecule has 0 saturated carbocycles. The van der Waals surface area contributed by atoms with Crippen LogP contribution in [-0.4, -0.2) is 28.6 Å². The molecule has 1 atom stereocenters. The molecule has 0 bridgehead atoms. The Morgan fingerprint density at radius 1 is 1.17 bits per heavy atom. The Hall–Kier alpha value is -2.04. The molecule has 1 amide bonds. The van der Waals surface area contributed by atoms with E-state index in [9.17, 15) is 14.7 Å². The van der Waals surface area contributed by atoms with Crippen LogP contribution in [0.15, 0.2) is 24.3 Å². The van der Waals surface area contributed by atoms with Crippen LogP contribution in [0.4, 0.5) is 4.79 Å². The number of Topliss-reactive ketones (excluding diaryl/α,β-unsaturated/α-hetero) is 1. The Kier molecular flexibility index (Phi) is 6.61. The fourth-order valence-electron chi connectivity index (χ4n) is 2.11. The molecule has 23 heavy (non-hydrogen) atoms. The summed E-state index contributed by atoms with van der Waals surface area (Å²) in [6.07, 6.45) is 0.155. The third kappa shape index (κ3) is 7.68. The summed E-state index contributed by atoms with van der Waals surface area (Å²) >= 11 is 0. The molecule has 0 fully saturated rings. The van der Waals surface area contributed by atoms with E-state index in [1.54, 1.807) is 45.0 Å². The molecule has 128 valence electrons. The van der Waals surface area contributed by atoms with Gasteiger partial charge in [-0.3, -0.25) is 4.79 Å². The van der Waals surface area contributed by atoms with E-state index < -0.39 is 17.7 Å². The van der Waals surface area contributed by atoms with Gasteiger partial charge in [-0.1, -0.05) is 26.0 Å². The van der Waals surface area contributed by atoms with Crippen molar-refractivity contribution in [1.29, 1.82) is 0 Å². The number of benzene rings is 1. The van der Waals surface area contributed by atoms with E-state index in [0.717, 1.165) is 5.56 Å². The third-order valence-electron chi connectivity index (χ3n) is 3.07. The Bertz CT molecular complexity index is 529. The van der Waals surface area contributed by atoms with Crippen LogP contribution in [0.25, 0.3) is 0 Å². The molecule has 0 heterocycles. The molecule has 1 aromatic rings. The minimum atomic E-state index is -0.642. The molecule has 5 heteroatoms. The second-order valence-corrected chi connectivity index (χ2v) is 7.13. The summed E-state index contributed by atoms with van der Waals surface area (Å²) in [4.78, 5) is 24.4. The molecule has 0 aliphatic heterocycles. The topological polar surface area (TPSA) is 75.6 Å². The maximum absolute atomic E-state index is 12.4. The average Bonchev–Trinajstić information content (AvgIpc) is 2.37. The monoisotopic (exact) mass is 321 g/mol. The molecule has 1 aromatic carbocycles. The number of aromatic hydroxyl groups is 1. The lowest BCUT2D eigenvalue weighted by Gasteiger charge is -2.23. The number of amides is 1. The molecule has 5 nitrogen and oxygen atoms in total. The highest BCUT2D eigenvalue weighted by Gasteiger charge is 2.25. The molecule has 1 rings (SSSR count). The Balaban J connectivity index is 2.82. The number of hydrogen-bond acceptors (Lipinski definition) is 4. The highest BCUT2D eigenvalue weighted by molar-refractivity contribution is 5.87. The van der Waals surface area contributed by atoms with Gasteiger partial charge in [0, 0.05) is 6.42 Å². The van der Waals surface area contributed by atoms with Gasteiger partial charge in [-0.25, -0.2) is 4.79 Å². The van der Waals surface area contributed by atoms with Crippen molar-refractivity contribution in [3.05, 3.63) is 29.8 Å². The molecule has 0 aromatic heterocycles. The van der Waals surface area contributed by atoms with Crippen LogP contribution in [0.3, 0.4) is 0 Å². The van der Waals surface area contributed by atoms with E-state index in [1.165, 1.54) is 0 Å². The van der Waals surface area contributed by atoms with Gasteiger partial charge in [-0.2, -0.15) is 0 Å². The lowest BCUT2D eigenvalue weighted by Crippen LogP contribution is -2.45. The average molecular weight is 321 g/mol. The van der Waals surface area contributed by atoms with Crippen molar-refractivity contribution in [3.63, 3.8) is 0 Å². The molecular formula is C18H27NO4. The Labute approximate surface area is 138 Å². The standard InChI is InChI=1S/C18H27NO4/c1-12(2)10-16(21)15(19-17(22)23-18(3,4)5)11-13-6-8-14(20)9-7-13/h6-9,12,15,20H,10-11H2,1-5H3,(H,19,22)/t15-/m0/s1. The minimum Gasteiger partial charge on any atom is -0.508 e. The molecular weight excluding hydrogens is 294 g/mol. The number of carbonyl (C=O) groups excluding carboxylic acids is 2. The maximum atomic E-state index is 12.4. The number of hydrogen-bond donors (Lipinski definition) is 2. The van der Waals surface area contributed by atoms with Gasteiger partial charge in [0.2, 0.25) is 0 Å². The summed E-state index contributed by atoms with van der Waals surface area (Å²) in [5, 5.41) is 12.0. The van der Waals surface area contributed by atoms with Crippen molar-refractivity contribution in [2.75, 3.05) is 0 Å². The van der Waals surface area contributed by atoms with Gasteiger partial charge in [-0.05, 0) is 50.8 Å². The first-order valence-electron chi connectivity index (χ1n) is 7.87. The van der Waals surface area contributed by atoms with Crippen molar-refractivity contribution in [3.8, 4) is 5.75 Å². The van der Waals surface area contributed by atoms with E-state index in [-0.39, 0.29) is 17.5 Å². The van der Waals surface area contributed by atoms with Gasteiger partial charge in [0.15, 0.2) is 5.78 Å². The van der Waals surface area contributed by atoms with Crippen LogP contribution in [0, 0.1) is 5.92 Å². The van der Waals surface area contributed by atoms with Gasteiger partial charge in [-0.15, -0.1) is 0 Å². The van der Waals surface area contributed by atoms with Crippen molar-refractivity contribution < 1.29 is 19.4 Å². The zero-order valence-corrected chi connectivity index (χ0v) is 14.6. The van der Waals surface area contributed by atoms with Gasteiger partial charge in [0.25, 0.3) is 0 Å². The summed E-state index contributed by atoms with van der Waals surface area (Å²) < 4.78 is 5.24. The van der Waals surface area contributed by atoms with E-state index in [2.05, 4.69) is 5.32 Å². The number of rotatable bonds is 6. The van der Waals surface area contributed by atoms with Gasteiger partial charge in [0.1, 0.15) is 11.4 Å². The predicted molar refractivity (Wildman–Crippen MR) is 89.4 cm³/mol. The van der Waals surface area contributed by atoms with Gasteiger partial charge in [0.05, 0.1) is 6.04 Å². The lowest BCUT2D eigenvalue weighted by molar-refractivity contribution is -0.121. The smallest absolute Gasteiger partial charge is 0.408 e. The van der Waals surface area contributed by atoms with Crippen molar-refractivity contribution in [2.45, 2.75) is 59.1 Å². The Morgan fingerprint density at radius 2 is 1.74 bits per heavy atom. The molecule has 2 N–H and O–H groups in total. The second-order valence-electron chi connectivity index (χ2n) is 7.13. The van der Waals surface area contributed by atoms with Gasteiger partial charge < -0.3 is 15.2 Å². The number of alkyl carbamates (subject to hydrolysis) is 1. The van der Waals surface area contributed by atoms with Crippen LogP contribution >= 0.6 is 0 Å². The number of ketones is 1. The van der Waals surface area contributed by atoms with Crippen LogP contribution in [0.1, 0.15) is 46.6 Å². The summed E-state index contributed by atoms with van der Waals surface area (Å²) in [5.74, 6) is 0.350. The number of carbonyl (C=O) groups is 2. The van der Waals surface area contributed by atoms with Crippen molar-refractivity contribution in [1.82, 2.24) is 5.32 Å². The minimum absolute atomic E-state index is 0.0288. The normalized spacial score (nSPS) is 12.8. The first-order chi connectivity index (χ1) is 10.6. The van der Waals surface area contributed by atoms with E-state index in [4.69, 9.17) is 4.74 Å². The highest BCUT2D eigenvalue weighted by Crippen LogP contribution is 2.14. The van der Waals surface area contributed by atoms with Crippen LogP contribution in [0.5, 0.6) is 5.75 Å². The molecule has 0 radical (unpaired) electrons. The second kappa shape index (κ2) is 7.99. The molecule has 0 aliphatic carbocycles. The number of ether oxygens (including phenoxy) is 1. The largest absolute Gasteiger partial charge is 0.508 e. The van der Waals surface area contributed by atoms with Crippen LogP contribution < -0.4 is 5.32 Å². The van der Waals surface area contributed by atoms with Crippen LogP contribution in [-0.2, 0) is 16.0 Å². The van der Waals surface area contributed by atoms with E-state index in [1.807, 2.05) is 13.8 Å². The molecule has 0 aliphatic rings. The third-order valence-corrected chi connectivity index (χ3v) is 3.07. The lowest BCUT2D eigenvalue weighted by atomic mass is 9.96. The van der Waals surface area contributed by atoms with Crippen LogP contribution in [0.2, 0.25) is 0 Å². The fraction of sp³-hybridized carbons (Fsp3) is 0.556. The first kappa shape index (κ1) is 19.0. The molecule has 0 unspecified atom stereocenters. The first-order valence-corrected chi connectivity index (χ1v) is 7.87. The summed E-state index contributed by atoms with van der Waals surface area (Å²) in [6.45, 7) is 9.25. The summed E-state index contributed by atoms with van der Waals surface area (Å²) in [6, 6.07) is 5.96. The van der Waals surface area contributed by atoms with E-state index >= 15 is 0 Å². The number of phenolic OH excluding ortho intramolecular Hbond substituents is 1. The number of phenols is 1. The van der Waals surface area contributed by atoms with E-state index in [0.29, 0.717) is 12.8 Å². The van der Waals surface area contributed by atoms with Crippen molar-refractivity contribution >= 4 is 11.9 Å². The number of nitrogens with one attached hydrogen (secondary N) is 1. The molecule has 0 spiro atoms. The quantitative estimate of drug-likeness (QED) is 0.841. The van der Waals surface area contributed by atoms with Gasteiger partial charge >= 0.3 is 6.09 Å².